The number of nitrogens with one attached hydrogen (secondary N) is 1. The van der Waals surface area contributed by atoms with Gasteiger partial charge >= 0.3 is 5.97 Å². The first-order chi connectivity index (χ1) is 14.0. The third kappa shape index (κ3) is 5.22. The number of likely N-dealkylation sites (tertiary alicyclic amines) is 1. The zero-order chi connectivity index (χ0) is 20.8. The number of esters is 1. The lowest BCUT2D eigenvalue weighted by Crippen LogP contribution is -2.66. The zero-order valence-corrected chi connectivity index (χ0v) is 16.8. The van der Waals surface area contributed by atoms with Gasteiger partial charge in [-0.2, -0.15) is 0 Å². The lowest BCUT2D eigenvalue weighted by molar-refractivity contribution is -0.128. The van der Waals surface area contributed by atoms with Crippen molar-refractivity contribution in [2.45, 2.75) is 51.1 Å². The highest BCUT2D eigenvalue weighted by molar-refractivity contribution is 5.89. The molecule has 2 aromatic carbocycles. The molecule has 3 rings (SSSR count). The minimum atomic E-state index is -0.915. The summed E-state index contributed by atoms with van der Waals surface area (Å²) < 4.78 is 5.70. The number of hydrogen-bond donors (Lipinski definition) is 2. The molecule has 29 heavy (non-hydrogen) atoms. The summed E-state index contributed by atoms with van der Waals surface area (Å²) in [5.74, 6) is -0.728. The van der Waals surface area contributed by atoms with E-state index in [0.717, 1.165) is 5.56 Å². The molecule has 0 radical (unpaired) electrons. The molecule has 1 heterocycles. The SMILES string of the molecule is CC[C@@H]1[C@@H](O)C(OC(=O)c2ccccc2)[C@@H](NC(C)=O)CN1Cc1ccccc1. The van der Waals surface area contributed by atoms with E-state index in [1.165, 1.54) is 6.92 Å². The van der Waals surface area contributed by atoms with Crippen molar-refractivity contribution >= 4 is 11.9 Å². The van der Waals surface area contributed by atoms with E-state index in [0.29, 0.717) is 25.1 Å². The van der Waals surface area contributed by atoms with Crippen molar-refractivity contribution in [2.75, 3.05) is 6.54 Å². The van der Waals surface area contributed by atoms with Gasteiger partial charge in [0.15, 0.2) is 6.10 Å². The normalized spacial score (nSPS) is 24.7. The van der Waals surface area contributed by atoms with Crippen LogP contribution in [0.3, 0.4) is 0 Å². The van der Waals surface area contributed by atoms with E-state index < -0.39 is 24.2 Å². The molecule has 1 aliphatic heterocycles. The van der Waals surface area contributed by atoms with E-state index in [1.54, 1.807) is 24.3 Å². The largest absolute Gasteiger partial charge is 0.454 e. The van der Waals surface area contributed by atoms with Gasteiger partial charge in [0.25, 0.3) is 0 Å². The molecule has 4 atom stereocenters. The third-order valence-corrected chi connectivity index (χ3v) is 5.32. The molecule has 0 bridgehead atoms. The lowest BCUT2D eigenvalue weighted by atomic mass is 9.89. The second-order valence-corrected chi connectivity index (χ2v) is 7.42. The summed E-state index contributed by atoms with van der Waals surface area (Å²) >= 11 is 0. The van der Waals surface area contributed by atoms with Crippen LogP contribution in [0.15, 0.2) is 60.7 Å². The van der Waals surface area contributed by atoms with Gasteiger partial charge in [0.1, 0.15) is 6.10 Å². The quantitative estimate of drug-likeness (QED) is 0.733. The Morgan fingerprint density at radius 3 is 2.31 bits per heavy atom. The van der Waals surface area contributed by atoms with E-state index in [-0.39, 0.29) is 11.9 Å². The number of rotatable bonds is 6. The van der Waals surface area contributed by atoms with Crippen LogP contribution < -0.4 is 5.32 Å². The van der Waals surface area contributed by atoms with Crippen LogP contribution >= 0.6 is 0 Å². The maximum Gasteiger partial charge on any atom is 0.338 e. The lowest BCUT2D eigenvalue weighted by Gasteiger charge is -2.46. The molecule has 1 saturated heterocycles. The number of ether oxygens (including phenoxy) is 1. The molecule has 0 aromatic heterocycles. The van der Waals surface area contributed by atoms with E-state index in [9.17, 15) is 14.7 Å². The Bertz CT molecular complexity index is 812. The molecule has 6 heteroatoms. The van der Waals surface area contributed by atoms with Gasteiger partial charge < -0.3 is 15.2 Å². The second kappa shape index (κ2) is 9.67. The van der Waals surface area contributed by atoms with Gasteiger partial charge in [0.05, 0.1) is 11.6 Å². The number of nitrogens with zero attached hydrogens (tertiary/aromatic N) is 1. The van der Waals surface area contributed by atoms with E-state index in [1.807, 2.05) is 43.3 Å². The minimum Gasteiger partial charge on any atom is -0.454 e. The van der Waals surface area contributed by atoms with E-state index in [2.05, 4.69) is 10.2 Å². The molecule has 1 amide bonds. The summed E-state index contributed by atoms with van der Waals surface area (Å²) in [4.78, 5) is 26.5. The van der Waals surface area contributed by atoms with Crippen molar-refractivity contribution in [1.29, 1.82) is 0 Å². The van der Waals surface area contributed by atoms with Gasteiger partial charge in [0, 0.05) is 26.1 Å². The average Bonchev–Trinajstić information content (AvgIpc) is 2.72. The maximum atomic E-state index is 12.6. The van der Waals surface area contributed by atoms with Crippen LogP contribution in [0.5, 0.6) is 0 Å². The topological polar surface area (TPSA) is 78.9 Å². The van der Waals surface area contributed by atoms with Crippen LogP contribution in [0.2, 0.25) is 0 Å². The fourth-order valence-corrected chi connectivity index (χ4v) is 3.97. The Morgan fingerprint density at radius 1 is 1.10 bits per heavy atom. The van der Waals surface area contributed by atoms with E-state index in [4.69, 9.17) is 4.74 Å². The highest BCUT2D eigenvalue weighted by atomic mass is 16.6. The first-order valence-corrected chi connectivity index (χ1v) is 9.98. The molecule has 154 valence electrons. The van der Waals surface area contributed by atoms with Crippen molar-refractivity contribution in [2.24, 2.45) is 0 Å². The smallest absolute Gasteiger partial charge is 0.338 e. The van der Waals surface area contributed by atoms with Crippen LogP contribution in [0.4, 0.5) is 0 Å². The molecular weight excluding hydrogens is 368 g/mol. The summed E-state index contributed by atoms with van der Waals surface area (Å²) in [6.45, 7) is 4.55. The van der Waals surface area contributed by atoms with Crippen molar-refractivity contribution in [3.05, 3.63) is 71.8 Å². The Kier molecular flexibility index (Phi) is 7.01. The first kappa shape index (κ1) is 21.0. The number of hydrogen-bond acceptors (Lipinski definition) is 5. The van der Waals surface area contributed by atoms with Crippen LogP contribution in [0.25, 0.3) is 0 Å². The molecule has 1 aliphatic rings. The van der Waals surface area contributed by atoms with E-state index >= 15 is 0 Å². The number of benzene rings is 2. The number of amides is 1. The van der Waals surface area contributed by atoms with Crippen molar-refractivity contribution in [3.8, 4) is 0 Å². The molecule has 1 fully saturated rings. The van der Waals surface area contributed by atoms with Crippen molar-refractivity contribution in [3.63, 3.8) is 0 Å². The third-order valence-electron chi connectivity index (χ3n) is 5.32. The molecule has 0 aliphatic carbocycles. The highest BCUT2D eigenvalue weighted by Gasteiger charge is 2.44. The Hall–Kier alpha value is -2.70. The summed E-state index contributed by atoms with van der Waals surface area (Å²) in [7, 11) is 0. The molecule has 6 nitrogen and oxygen atoms in total. The fourth-order valence-electron chi connectivity index (χ4n) is 3.97. The standard InChI is InChI=1S/C23H28N2O4/c1-3-20-21(27)22(29-23(28)18-12-8-5-9-13-18)19(24-16(2)26)15-25(20)14-17-10-6-4-7-11-17/h4-13,19-22,27H,3,14-15H2,1-2H3,(H,24,26)/t19-,20+,21+,22?/m0/s1. The van der Waals surface area contributed by atoms with Crippen molar-refractivity contribution < 1.29 is 19.4 Å². The van der Waals surface area contributed by atoms with Crippen molar-refractivity contribution in [1.82, 2.24) is 10.2 Å². The fraction of sp³-hybridized carbons (Fsp3) is 0.391. The average molecular weight is 396 g/mol. The Morgan fingerprint density at radius 2 is 1.72 bits per heavy atom. The number of aliphatic hydroxyl groups is 1. The van der Waals surface area contributed by atoms with Crippen LogP contribution in [0, 0.1) is 0 Å². The summed E-state index contributed by atoms with van der Waals surface area (Å²) in [5.41, 5.74) is 1.54. The van der Waals surface area contributed by atoms with Gasteiger partial charge in [-0.25, -0.2) is 4.79 Å². The number of carbonyl (C=O) groups excluding carboxylic acids is 2. The highest BCUT2D eigenvalue weighted by Crippen LogP contribution is 2.26. The number of piperidine rings is 1. The molecule has 0 saturated carbocycles. The van der Waals surface area contributed by atoms with Crippen LogP contribution in [-0.4, -0.2) is 52.7 Å². The zero-order valence-electron chi connectivity index (χ0n) is 16.8. The van der Waals surface area contributed by atoms with Gasteiger partial charge in [-0.1, -0.05) is 55.5 Å². The predicted molar refractivity (Wildman–Crippen MR) is 110 cm³/mol. The van der Waals surface area contributed by atoms with Crippen LogP contribution in [-0.2, 0) is 16.1 Å². The monoisotopic (exact) mass is 396 g/mol. The Labute approximate surface area is 171 Å². The molecule has 1 unspecified atom stereocenters. The molecular formula is C23H28N2O4. The minimum absolute atomic E-state index is 0.186. The van der Waals surface area contributed by atoms with Gasteiger partial charge in [-0.05, 0) is 24.1 Å². The second-order valence-electron chi connectivity index (χ2n) is 7.42. The number of aliphatic hydroxyl groups excluding tert-OH is 1. The summed E-state index contributed by atoms with van der Waals surface area (Å²) in [6.07, 6.45) is -1.04. The van der Waals surface area contributed by atoms with Gasteiger partial charge in [-0.3, -0.25) is 9.69 Å². The van der Waals surface area contributed by atoms with Gasteiger partial charge in [0.2, 0.25) is 5.91 Å². The number of carbonyl (C=O) groups is 2. The molecule has 2 N–H and O–H groups in total. The van der Waals surface area contributed by atoms with Gasteiger partial charge in [-0.15, -0.1) is 0 Å². The Balaban J connectivity index is 1.81. The first-order valence-electron chi connectivity index (χ1n) is 9.98. The molecule has 2 aromatic rings. The predicted octanol–water partition coefficient (Wildman–Crippen LogP) is 2.37. The molecule has 0 spiro atoms. The van der Waals surface area contributed by atoms with Crippen LogP contribution in [0.1, 0.15) is 36.2 Å². The maximum absolute atomic E-state index is 12.6. The summed E-state index contributed by atoms with van der Waals surface area (Å²) in [6, 6.07) is 18.0. The summed E-state index contributed by atoms with van der Waals surface area (Å²) in [5, 5.41) is 13.9.